The summed E-state index contributed by atoms with van der Waals surface area (Å²) in [5.74, 6) is -0.653. The molecule has 0 aromatic carbocycles. The Kier molecular flexibility index (Phi) is 1.76. The molecule has 0 N–H and O–H groups in total. The van der Waals surface area contributed by atoms with Crippen molar-refractivity contribution in [2.24, 2.45) is 0 Å². The van der Waals surface area contributed by atoms with E-state index >= 15 is 0 Å². The first kappa shape index (κ1) is 6.86. The fourth-order valence-electron chi connectivity index (χ4n) is 0.597. The Morgan fingerprint density at radius 2 is 2.40 bits per heavy atom. The van der Waals surface area contributed by atoms with Gasteiger partial charge < -0.3 is 0 Å². The van der Waals surface area contributed by atoms with Gasteiger partial charge in [-0.2, -0.15) is 0 Å². The van der Waals surface area contributed by atoms with Crippen molar-refractivity contribution in [1.82, 2.24) is 4.98 Å². The van der Waals surface area contributed by atoms with Crippen molar-refractivity contribution in [3.8, 4) is 0 Å². The van der Waals surface area contributed by atoms with Crippen molar-refractivity contribution in [3.05, 3.63) is 29.8 Å². The summed E-state index contributed by atoms with van der Waals surface area (Å²) in [6.45, 7) is 1.35. The highest BCUT2D eigenvalue weighted by Crippen LogP contribution is 1.99. The van der Waals surface area contributed by atoms with Gasteiger partial charge in [0, 0.05) is 19.2 Å². The first-order valence-corrected chi connectivity index (χ1v) is 2.82. The van der Waals surface area contributed by atoms with E-state index in [4.69, 9.17) is 0 Å². The second-order valence-corrected chi connectivity index (χ2v) is 1.92. The summed E-state index contributed by atoms with van der Waals surface area (Å²) in [6, 6.07) is 2.31. The fourth-order valence-corrected chi connectivity index (χ4v) is 0.597. The summed E-state index contributed by atoms with van der Waals surface area (Å²) in [5.41, 5.74) is 0.167. The van der Waals surface area contributed by atoms with E-state index in [1.807, 2.05) is 0 Å². The average Bonchev–Trinajstić information content (AvgIpc) is 1.88. The van der Waals surface area contributed by atoms with Crippen LogP contribution in [-0.2, 0) is 0 Å². The van der Waals surface area contributed by atoms with E-state index in [0.29, 0.717) is 0 Å². The van der Waals surface area contributed by atoms with Gasteiger partial charge in [0.25, 0.3) is 0 Å². The van der Waals surface area contributed by atoms with Crippen molar-refractivity contribution in [2.75, 3.05) is 0 Å². The Bertz CT molecular complexity index is 260. The van der Waals surface area contributed by atoms with Crippen LogP contribution in [0.15, 0.2) is 18.3 Å². The predicted molar refractivity (Wildman–Crippen MR) is 34.2 cm³/mol. The number of carbonyl (C=O) groups is 1. The van der Waals surface area contributed by atoms with Crippen LogP contribution in [0.3, 0.4) is 0 Å². The molecule has 2 nitrogen and oxygen atoms in total. The van der Waals surface area contributed by atoms with Gasteiger partial charge in [-0.05, 0) is 6.07 Å². The van der Waals surface area contributed by atoms with Crippen LogP contribution in [0.5, 0.6) is 0 Å². The van der Waals surface area contributed by atoms with Gasteiger partial charge in [-0.15, -0.1) is 0 Å². The third-order valence-electron chi connectivity index (χ3n) is 1.08. The molecule has 3 heteroatoms. The topological polar surface area (TPSA) is 30.0 Å². The highest BCUT2D eigenvalue weighted by molar-refractivity contribution is 5.91. The molecule has 10 heavy (non-hydrogen) atoms. The normalized spacial score (nSPS) is 9.40. The van der Waals surface area contributed by atoms with Crippen LogP contribution >= 0.6 is 0 Å². The van der Waals surface area contributed by atoms with E-state index in [-0.39, 0.29) is 11.5 Å². The Morgan fingerprint density at radius 3 is 2.80 bits per heavy atom. The van der Waals surface area contributed by atoms with Gasteiger partial charge in [0.2, 0.25) is 0 Å². The quantitative estimate of drug-likeness (QED) is 0.551. The van der Waals surface area contributed by atoms with E-state index in [1.54, 1.807) is 0 Å². The van der Waals surface area contributed by atoms with Crippen LogP contribution in [0.25, 0.3) is 0 Å². The summed E-state index contributed by atoms with van der Waals surface area (Å²) in [6.07, 6.45) is 1.27. The fraction of sp³-hybridized carbons (Fsp3) is 0.143. The van der Waals surface area contributed by atoms with Crippen LogP contribution in [-0.4, -0.2) is 10.8 Å². The third kappa shape index (κ3) is 1.37. The lowest BCUT2D eigenvalue weighted by molar-refractivity contribution is 0.101. The largest absolute Gasteiger partial charge is 0.293 e. The lowest BCUT2D eigenvalue weighted by Gasteiger charge is -1.91. The number of hydrogen-bond acceptors (Lipinski definition) is 2. The summed E-state index contributed by atoms with van der Waals surface area (Å²) in [7, 11) is 0. The molecular formula is C7H6FNO. The molecular weight excluding hydrogens is 133 g/mol. The van der Waals surface area contributed by atoms with E-state index < -0.39 is 5.82 Å². The zero-order valence-electron chi connectivity index (χ0n) is 5.47. The summed E-state index contributed by atoms with van der Waals surface area (Å²) in [5, 5.41) is 0. The molecule has 0 atom stereocenters. The van der Waals surface area contributed by atoms with Gasteiger partial charge in [-0.1, -0.05) is 0 Å². The monoisotopic (exact) mass is 139 g/mol. The zero-order valence-corrected chi connectivity index (χ0v) is 5.47. The maximum absolute atomic E-state index is 12.3. The van der Waals surface area contributed by atoms with E-state index in [2.05, 4.69) is 4.98 Å². The molecule has 0 amide bonds. The predicted octanol–water partition coefficient (Wildman–Crippen LogP) is 1.42. The minimum Gasteiger partial charge on any atom is -0.293 e. The molecule has 0 radical (unpaired) electrons. The molecule has 1 aromatic heterocycles. The van der Waals surface area contributed by atoms with Crippen molar-refractivity contribution in [2.45, 2.75) is 6.92 Å². The summed E-state index contributed by atoms with van der Waals surface area (Å²) in [4.78, 5) is 14.2. The van der Waals surface area contributed by atoms with E-state index in [9.17, 15) is 9.18 Å². The number of carbonyl (C=O) groups excluding carboxylic acids is 1. The van der Waals surface area contributed by atoms with Gasteiger partial charge in [-0.3, -0.25) is 9.78 Å². The van der Waals surface area contributed by atoms with Crippen molar-refractivity contribution < 1.29 is 9.18 Å². The van der Waals surface area contributed by atoms with Crippen molar-refractivity contribution in [1.29, 1.82) is 0 Å². The van der Waals surface area contributed by atoms with E-state index in [1.165, 1.54) is 19.2 Å². The summed E-state index contributed by atoms with van der Waals surface area (Å²) < 4.78 is 12.3. The standard InChI is InChI=1S/C7H6FNO/c1-5(10)7-4-6(8)2-3-9-7/h2-4H,1H3. The van der Waals surface area contributed by atoms with Crippen molar-refractivity contribution in [3.63, 3.8) is 0 Å². The number of ketones is 1. The van der Waals surface area contributed by atoms with Gasteiger partial charge in [-0.25, -0.2) is 4.39 Å². The van der Waals surface area contributed by atoms with Gasteiger partial charge in [0.05, 0.1) is 0 Å². The third-order valence-corrected chi connectivity index (χ3v) is 1.08. The minimum atomic E-state index is -0.430. The van der Waals surface area contributed by atoms with Crippen LogP contribution in [0.2, 0.25) is 0 Å². The summed E-state index contributed by atoms with van der Waals surface area (Å²) >= 11 is 0. The van der Waals surface area contributed by atoms with Crippen LogP contribution in [0.4, 0.5) is 4.39 Å². The molecule has 52 valence electrons. The molecule has 0 fully saturated rings. The van der Waals surface area contributed by atoms with Crippen LogP contribution in [0.1, 0.15) is 17.4 Å². The van der Waals surface area contributed by atoms with Gasteiger partial charge in [0.1, 0.15) is 11.5 Å². The number of hydrogen-bond donors (Lipinski definition) is 0. The second kappa shape index (κ2) is 2.56. The van der Waals surface area contributed by atoms with E-state index in [0.717, 1.165) is 6.07 Å². The first-order valence-electron chi connectivity index (χ1n) is 2.82. The molecule has 0 aliphatic heterocycles. The highest BCUT2D eigenvalue weighted by atomic mass is 19.1. The average molecular weight is 139 g/mol. The molecule has 0 aliphatic rings. The Labute approximate surface area is 57.7 Å². The van der Waals surface area contributed by atoms with Crippen molar-refractivity contribution >= 4 is 5.78 Å². The maximum Gasteiger partial charge on any atom is 0.178 e. The van der Waals surface area contributed by atoms with Crippen LogP contribution in [0, 0.1) is 5.82 Å². The molecule has 0 spiro atoms. The SMILES string of the molecule is CC(=O)c1cc(F)ccn1. The molecule has 1 aromatic rings. The molecule has 0 unspecified atom stereocenters. The molecule has 1 rings (SSSR count). The number of rotatable bonds is 1. The highest BCUT2D eigenvalue weighted by Gasteiger charge is 1.99. The maximum atomic E-state index is 12.3. The molecule has 1 heterocycles. The first-order chi connectivity index (χ1) is 4.70. The second-order valence-electron chi connectivity index (χ2n) is 1.92. The minimum absolute atomic E-state index is 0.167. The Morgan fingerprint density at radius 1 is 1.70 bits per heavy atom. The zero-order chi connectivity index (χ0) is 7.56. The van der Waals surface area contributed by atoms with Gasteiger partial charge >= 0.3 is 0 Å². The number of nitrogens with zero attached hydrogens (tertiary/aromatic N) is 1. The molecule has 0 aliphatic carbocycles. The Balaban J connectivity index is 3.07. The number of halogens is 1. The lowest BCUT2D eigenvalue weighted by Crippen LogP contribution is -1.95. The molecule has 0 saturated carbocycles. The molecule has 0 bridgehead atoms. The lowest BCUT2D eigenvalue weighted by atomic mass is 10.3. The van der Waals surface area contributed by atoms with Crippen LogP contribution < -0.4 is 0 Å². The number of aromatic nitrogens is 1. The molecule has 0 saturated heterocycles. The number of pyridine rings is 1. The number of Topliss-reactive ketones (excluding diaryl/α,β-unsaturated/α-hetero) is 1. The Hall–Kier alpha value is -1.25. The smallest absolute Gasteiger partial charge is 0.178 e. The van der Waals surface area contributed by atoms with Gasteiger partial charge in [0.15, 0.2) is 5.78 Å².